The van der Waals surface area contributed by atoms with E-state index < -0.39 is 0 Å². The van der Waals surface area contributed by atoms with Gasteiger partial charge in [-0.05, 0) is 42.8 Å². The average molecular weight is 244 g/mol. The summed E-state index contributed by atoms with van der Waals surface area (Å²) in [7, 11) is 0. The minimum absolute atomic E-state index is 0.317. The Balaban J connectivity index is 2.22. The number of aromatic nitrogens is 2. The molecule has 3 rings (SSSR count). The molecule has 0 bridgehead atoms. The summed E-state index contributed by atoms with van der Waals surface area (Å²) in [6.07, 6.45) is 0. The molecule has 1 N–H and O–H groups in total. The van der Waals surface area contributed by atoms with Crippen molar-refractivity contribution in [2.75, 3.05) is 0 Å². The van der Waals surface area contributed by atoms with Crippen LogP contribution in [0.3, 0.4) is 0 Å². The molecule has 0 spiro atoms. The van der Waals surface area contributed by atoms with E-state index in [-0.39, 0.29) is 11.6 Å². The van der Waals surface area contributed by atoms with Crippen molar-refractivity contribution in [3.8, 4) is 11.4 Å². The van der Waals surface area contributed by atoms with Crippen LogP contribution in [-0.2, 0) is 0 Å². The summed E-state index contributed by atoms with van der Waals surface area (Å²) in [6.45, 7) is 1.88. The maximum absolute atomic E-state index is 13.3. The van der Waals surface area contributed by atoms with E-state index in [0.717, 1.165) is 5.56 Å². The van der Waals surface area contributed by atoms with Crippen molar-refractivity contribution in [2.24, 2.45) is 0 Å². The van der Waals surface area contributed by atoms with Crippen LogP contribution in [0.2, 0.25) is 0 Å². The van der Waals surface area contributed by atoms with Gasteiger partial charge < -0.3 is 4.98 Å². The van der Waals surface area contributed by atoms with Gasteiger partial charge in [0, 0.05) is 5.56 Å². The van der Waals surface area contributed by atoms with Crippen molar-refractivity contribution >= 4 is 11.0 Å². The van der Waals surface area contributed by atoms with Crippen molar-refractivity contribution in [3.63, 3.8) is 0 Å². The first-order chi connectivity index (χ1) is 8.63. The number of fused-ring (bicyclic) bond motifs is 1. The number of nitrogens with zero attached hydrogens (tertiary/aromatic N) is 1. The highest BCUT2D eigenvalue weighted by molar-refractivity contribution is 5.79. The van der Waals surface area contributed by atoms with Crippen LogP contribution < -0.4 is 0 Å². The van der Waals surface area contributed by atoms with Gasteiger partial charge in [-0.2, -0.15) is 0 Å². The van der Waals surface area contributed by atoms with Crippen LogP contribution in [0.25, 0.3) is 22.4 Å². The Bertz CT molecular complexity index is 732. The lowest BCUT2D eigenvalue weighted by Crippen LogP contribution is -1.87. The number of halogens is 2. The molecule has 0 saturated carbocycles. The largest absolute Gasteiger partial charge is 0.338 e. The molecular formula is C14H10F2N2. The Hall–Kier alpha value is -2.23. The molecule has 0 amide bonds. The van der Waals surface area contributed by atoms with Gasteiger partial charge in [0.25, 0.3) is 0 Å². The smallest absolute Gasteiger partial charge is 0.138 e. The molecule has 4 heteroatoms. The first-order valence-electron chi connectivity index (χ1n) is 5.55. The van der Waals surface area contributed by atoms with Crippen molar-refractivity contribution in [1.82, 2.24) is 9.97 Å². The first-order valence-corrected chi connectivity index (χ1v) is 5.55. The minimum atomic E-state index is -0.325. The molecule has 0 radical (unpaired) electrons. The molecule has 0 fully saturated rings. The first kappa shape index (κ1) is 10.9. The highest BCUT2D eigenvalue weighted by Crippen LogP contribution is 2.24. The molecule has 1 aromatic heterocycles. The Morgan fingerprint density at radius 3 is 2.56 bits per heavy atom. The van der Waals surface area contributed by atoms with Crippen molar-refractivity contribution in [1.29, 1.82) is 0 Å². The van der Waals surface area contributed by atoms with Gasteiger partial charge in [0.2, 0.25) is 0 Å². The molecule has 1 heterocycles. The van der Waals surface area contributed by atoms with E-state index in [9.17, 15) is 8.78 Å². The second-order valence-electron chi connectivity index (χ2n) is 4.21. The lowest BCUT2D eigenvalue weighted by molar-refractivity contribution is 0.627. The molecule has 0 unspecified atom stereocenters. The third-order valence-corrected chi connectivity index (χ3v) is 2.90. The SMILES string of the molecule is Cc1ccc(F)cc1-c1nc2ccc(F)cc2[nH]1. The maximum Gasteiger partial charge on any atom is 0.138 e. The van der Waals surface area contributed by atoms with Gasteiger partial charge in [-0.15, -0.1) is 0 Å². The van der Waals surface area contributed by atoms with Crippen LogP contribution in [0.1, 0.15) is 5.56 Å². The quantitative estimate of drug-likeness (QED) is 0.692. The van der Waals surface area contributed by atoms with E-state index in [1.165, 1.54) is 24.3 Å². The lowest BCUT2D eigenvalue weighted by atomic mass is 10.1. The Morgan fingerprint density at radius 2 is 1.72 bits per heavy atom. The fraction of sp³-hybridized carbons (Fsp3) is 0.0714. The molecule has 0 aliphatic rings. The fourth-order valence-electron chi connectivity index (χ4n) is 1.96. The van der Waals surface area contributed by atoms with Crippen LogP contribution in [-0.4, -0.2) is 9.97 Å². The summed E-state index contributed by atoms with van der Waals surface area (Å²) in [5, 5.41) is 0. The maximum atomic E-state index is 13.3. The second kappa shape index (κ2) is 3.91. The van der Waals surface area contributed by atoms with E-state index in [2.05, 4.69) is 9.97 Å². The molecular weight excluding hydrogens is 234 g/mol. The molecule has 0 atom stereocenters. The number of H-pyrrole nitrogens is 1. The van der Waals surface area contributed by atoms with Gasteiger partial charge >= 0.3 is 0 Å². The molecule has 0 saturated heterocycles. The predicted molar refractivity (Wildman–Crippen MR) is 66.2 cm³/mol. The van der Waals surface area contributed by atoms with Gasteiger partial charge in [0.05, 0.1) is 11.0 Å². The Labute approximate surface area is 102 Å². The van der Waals surface area contributed by atoms with E-state index in [0.29, 0.717) is 22.4 Å². The number of imidazole rings is 1. The summed E-state index contributed by atoms with van der Waals surface area (Å²) >= 11 is 0. The number of aromatic amines is 1. The van der Waals surface area contributed by atoms with Crippen molar-refractivity contribution in [3.05, 3.63) is 53.6 Å². The van der Waals surface area contributed by atoms with Gasteiger partial charge in [-0.1, -0.05) is 6.07 Å². The summed E-state index contributed by atoms with van der Waals surface area (Å²) in [6, 6.07) is 8.84. The molecule has 18 heavy (non-hydrogen) atoms. The number of hydrogen-bond donors (Lipinski definition) is 1. The summed E-state index contributed by atoms with van der Waals surface area (Å²) < 4.78 is 26.3. The highest BCUT2D eigenvalue weighted by Gasteiger charge is 2.09. The van der Waals surface area contributed by atoms with Crippen LogP contribution in [0, 0.1) is 18.6 Å². The zero-order valence-electron chi connectivity index (χ0n) is 9.67. The Morgan fingerprint density at radius 1 is 1.00 bits per heavy atom. The normalized spacial score (nSPS) is 11.1. The number of rotatable bonds is 1. The van der Waals surface area contributed by atoms with Gasteiger partial charge in [0.1, 0.15) is 17.5 Å². The van der Waals surface area contributed by atoms with E-state index >= 15 is 0 Å². The molecule has 2 nitrogen and oxygen atoms in total. The third-order valence-electron chi connectivity index (χ3n) is 2.90. The van der Waals surface area contributed by atoms with Crippen LogP contribution in [0.5, 0.6) is 0 Å². The molecule has 0 aliphatic heterocycles. The lowest BCUT2D eigenvalue weighted by Gasteiger charge is -2.01. The molecule has 90 valence electrons. The zero-order chi connectivity index (χ0) is 12.7. The summed E-state index contributed by atoms with van der Waals surface area (Å²) in [5.74, 6) is -0.0940. The van der Waals surface area contributed by atoms with Gasteiger partial charge in [-0.3, -0.25) is 0 Å². The topological polar surface area (TPSA) is 28.7 Å². The monoisotopic (exact) mass is 244 g/mol. The molecule has 3 aromatic rings. The number of benzene rings is 2. The molecule has 0 aliphatic carbocycles. The van der Waals surface area contributed by atoms with E-state index in [1.807, 2.05) is 6.92 Å². The number of hydrogen-bond acceptors (Lipinski definition) is 1. The fourth-order valence-corrected chi connectivity index (χ4v) is 1.96. The van der Waals surface area contributed by atoms with Crippen LogP contribution in [0.15, 0.2) is 36.4 Å². The summed E-state index contributed by atoms with van der Waals surface area (Å²) in [5.41, 5.74) is 2.87. The second-order valence-corrected chi connectivity index (χ2v) is 4.21. The van der Waals surface area contributed by atoms with Gasteiger partial charge in [-0.25, -0.2) is 13.8 Å². The zero-order valence-corrected chi connectivity index (χ0v) is 9.67. The number of nitrogens with one attached hydrogen (secondary N) is 1. The minimum Gasteiger partial charge on any atom is -0.338 e. The molecule has 2 aromatic carbocycles. The van der Waals surface area contributed by atoms with Crippen LogP contribution >= 0.6 is 0 Å². The van der Waals surface area contributed by atoms with Crippen LogP contribution in [0.4, 0.5) is 8.78 Å². The Kier molecular flexibility index (Phi) is 2.37. The van der Waals surface area contributed by atoms with Crippen molar-refractivity contribution in [2.45, 2.75) is 6.92 Å². The standard InChI is InChI=1S/C14H10F2N2/c1-8-2-3-9(15)6-11(8)14-17-12-5-4-10(16)7-13(12)18-14/h2-7H,1H3,(H,17,18). The van der Waals surface area contributed by atoms with E-state index in [4.69, 9.17) is 0 Å². The third kappa shape index (κ3) is 1.76. The van der Waals surface area contributed by atoms with Crippen molar-refractivity contribution < 1.29 is 8.78 Å². The average Bonchev–Trinajstić information content (AvgIpc) is 2.74. The predicted octanol–water partition coefficient (Wildman–Crippen LogP) is 3.82. The van der Waals surface area contributed by atoms with E-state index in [1.54, 1.807) is 12.1 Å². The summed E-state index contributed by atoms with van der Waals surface area (Å²) in [4.78, 5) is 7.34. The number of aryl methyl sites for hydroxylation is 1. The van der Waals surface area contributed by atoms with Gasteiger partial charge in [0.15, 0.2) is 0 Å². The highest BCUT2D eigenvalue weighted by atomic mass is 19.1.